The van der Waals surface area contributed by atoms with E-state index in [-0.39, 0.29) is 12.1 Å². The number of carbonyl (C=O) groups excluding carboxylic acids is 1. The highest BCUT2D eigenvalue weighted by Crippen LogP contribution is 2.11. The summed E-state index contributed by atoms with van der Waals surface area (Å²) in [6.07, 6.45) is 0.644. The molecular weight excluding hydrogens is 144 g/mol. The summed E-state index contributed by atoms with van der Waals surface area (Å²) < 4.78 is 4.82. The third-order valence-corrected chi connectivity index (χ3v) is 1.82. The second-order valence-corrected chi connectivity index (χ2v) is 2.76. The van der Waals surface area contributed by atoms with Crippen LogP contribution in [0.2, 0.25) is 0 Å². The van der Waals surface area contributed by atoms with Crippen molar-refractivity contribution in [2.24, 2.45) is 5.73 Å². The van der Waals surface area contributed by atoms with E-state index in [1.54, 1.807) is 4.90 Å². The van der Waals surface area contributed by atoms with E-state index in [1.165, 1.54) is 0 Å². The monoisotopic (exact) mass is 158 g/mol. The fourth-order valence-corrected chi connectivity index (χ4v) is 1.12. The molecule has 0 aliphatic carbocycles. The molecule has 0 aromatic carbocycles. The highest BCUT2D eigenvalue weighted by Gasteiger charge is 2.28. The molecule has 11 heavy (non-hydrogen) atoms. The van der Waals surface area contributed by atoms with Crippen LogP contribution < -0.4 is 5.73 Å². The number of ether oxygens (including phenoxy) is 1. The van der Waals surface area contributed by atoms with Crippen LogP contribution in [0.1, 0.15) is 13.3 Å². The van der Waals surface area contributed by atoms with Gasteiger partial charge < -0.3 is 15.4 Å². The first kappa shape index (κ1) is 8.33. The highest BCUT2D eigenvalue weighted by molar-refractivity contribution is 5.69. The molecule has 1 aliphatic heterocycles. The molecule has 1 unspecified atom stereocenters. The van der Waals surface area contributed by atoms with Crippen molar-refractivity contribution in [3.63, 3.8) is 0 Å². The van der Waals surface area contributed by atoms with Crippen molar-refractivity contribution in [3.8, 4) is 0 Å². The number of rotatable bonds is 3. The van der Waals surface area contributed by atoms with Gasteiger partial charge in [0, 0.05) is 6.54 Å². The first-order chi connectivity index (χ1) is 5.25. The zero-order valence-electron chi connectivity index (χ0n) is 6.75. The molecule has 1 aliphatic rings. The van der Waals surface area contributed by atoms with E-state index in [1.807, 2.05) is 6.92 Å². The SMILES string of the molecule is CC1COC(=O)N1CCCN. The van der Waals surface area contributed by atoms with E-state index in [9.17, 15) is 4.79 Å². The summed E-state index contributed by atoms with van der Waals surface area (Å²) in [4.78, 5) is 12.7. The second-order valence-electron chi connectivity index (χ2n) is 2.76. The molecule has 1 saturated heterocycles. The molecule has 4 heteroatoms. The molecule has 1 heterocycles. The molecule has 0 radical (unpaired) electrons. The molecule has 0 bridgehead atoms. The number of cyclic esters (lactones) is 1. The minimum absolute atomic E-state index is 0.203. The quantitative estimate of drug-likeness (QED) is 0.637. The van der Waals surface area contributed by atoms with Gasteiger partial charge >= 0.3 is 6.09 Å². The maximum Gasteiger partial charge on any atom is 0.410 e. The van der Waals surface area contributed by atoms with Gasteiger partial charge in [-0.05, 0) is 19.9 Å². The third-order valence-electron chi connectivity index (χ3n) is 1.82. The highest BCUT2D eigenvalue weighted by atomic mass is 16.6. The standard InChI is InChI=1S/C7H14N2O2/c1-6-5-11-7(10)9(6)4-2-3-8/h6H,2-5,8H2,1H3. The second kappa shape index (κ2) is 3.57. The summed E-state index contributed by atoms with van der Waals surface area (Å²) in [5.41, 5.74) is 5.32. The molecule has 1 atom stereocenters. The number of hydrogen-bond donors (Lipinski definition) is 1. The maximum absolute atomic E-state index is 11.0. The van der Waals surface area contributed by atoms with Gasteiger partial charge in [0.1, 0.15) is 6.61 Å². The largest absolute Gasteiger partial charge is 0.447 e. The van der Waals surface area contributed by atoms with Crippen LogP contribution >= 0.6 is 0 Å². The summed E-state index contributed by atoms with van der Waals surface area (Å²) in [7, 11) is 0. The van der Waals surface area contributed by atoms with Gasteiger partial charge in [0.05, 0.1) is 6.04 Å². The first-order valence-electron chi connectivity index (χ1n) is 3.89. The summed E-state index contributed by atoms with van der Waals surface area (Å²) in [6.45, 7) is 3.83. The number of nitrogens with two attached hydrogens (primary N) is 1. The topological polar surface area (TPSA) is 55.6 Å². The van der Waals surface area contributed by atoms with Crippen LogP contribution in [0.5, 0.6) is 0 Å². The summed E-state index contributed by atoms with van der Waals surface area (Å²) in [5, 5.41) is 0. The van der Waals surface area contributed by atoms with Crippen molar-refractivity contribution >= 4 is 6.09 Å². The van der Waals surface area contributed by atoms with Crippen LogP contribution in [0.3, 0.4) is 0 Å². The number of hydrogen-bond acceptors (Lipinski definition) is 3. The van der Waals surface area contributed by atoms with E-state index in [4.69, 9.17) is 10.5 Å². The van der Waals surface area contributed by atoms with Gasteiger partial charge in [-0.2, -0.15) is 0 Å². The Balaban J connectivity index is 2.35. The zero-order chi connectivity index (χ0) is 8.27. The number of amides is 1. The van der Waals surface area contributed by atoms with Crippen LogP contribution in [0, 0.1) is 0 Å². The number of carbonyl (C=O) groups is 1. The van der Waals surface area contributed by atoms with Crippen LogP contribution in [-0.4, -0.2) is 36.7 Å². The lowest BCUT2D eigenvalue weighted by Crippen LogP contribution is -2.33. The van der Waals surface area contributed by atoms with Crippen molar-refractivity contribution in [2.75, 3.05) is 19.7 Å². The molecule has 1 rings (SSSR count). The van der Waals surface area contributed by atoms with Crippen molar-refractivity contribution in [1.82, 2.24) is 4.90 Å². The van der Waals surface area contributed by atoms with Gasteiger partial charge in [0.2, 0.25) is 0 Å². The molecule has 64 valence electrons. The minimum Gasteiger partial charge on any atom is -0.447 e. The smallest absolute Gasteiger partial charge is 0.410 e. The third kappa shape index (κ3) is 1.83. The van der Waals surface area contributed by atoms with Crippen LogP contribution in [-0.2, 0) is 4.74 Å². The Kier molecular flexibility index (Phi) is 2.70. The van der Waals surface area contributed by atoms with Crippen molar-refractivity contribution in [1.29, 1.82) is 0 Å². The van der Waals surface area contributed by atoms with Gasteiger partial charge in [-0.25, -0.2) is 4.79 Å². The molecule has 0 spiro atoms. The lowest BCUT2D eigenvalue weighted by atomic mass is 10.3. The van der Waals surface area contributed by atoms with E-state index in [2.05, 4.69) is 0 Å². The Morgan fingerprint density at radius 1 is 1.82 bits per heavy atom. The van der Waals surface area contributed by atoms with Crippen LogP contribution in [0.4, 0.5) is 4.79 Å². The Bertz CT molecular complexity index is 149. The fraction of sp³-hybridized carbons (Fsp3) is 0.857. The fourth-order valence-electron chi connectivity index (χ4n) is 1.12. The van der Waals surface area contributed by atoms with Gasteiger partial charge in [-0.3, -0.25) is 0 Å². The molecular formula is C7H14N2O2. The van der Waals surface area contributed by atoms with Crippen molar-refractivity contribution in [2.45, 2.75) is 19.4 Å². The molecule has 0 aromatic heterocycles. The molecule has 0 saturated carbocycles. The van der Waals surface area contributed by atoms with Crippen molar-refractivity contribution < 1.29 is 9.53 Å². The molecule has 2 N–H and O–H groups in total. The van der Waals surface area contributed by atoms with Gasteiger partial charge in [0.15, 0.2) is 0 Å². The lowest BCUT2D eigenvalue weighted by molar-refractivity contribution is 0.157. The predicted octanol–water partition coefficient (Wildman–Crippen LogP) is 0.176. The normalized spacial score (nSPS) is 24.0. The van der Waals surface area contributed by atoms with Gasteiger partial charge in [0.25, 0.3) is 0 Å². The van der Waals surface area contributed by atoms with E-state index >= 15 is 0 Å². The number of nitrogens with zero attached hydrogens (tertiary/aromatic N) is 1. The molecule has 1 amide bonds. The lowest BCUT2D eigenvalue weighted by Gasteiger charge is -2.16. The first-order valence-corrected chi connectivity index (χ1v) is 3.89. The van der Waals surface area contributed by atoms with Crippen molar-refractivity contribution in [3.05, 3.63) is 0 Å². The Labute approximate surface area is 66.3 Å². The van der Waals surface area contributed by atoms with E-state index < -0.39 is 0 Å². The van der Waals surface area contributed by atoms with E-state index in [0.29, 0.717) is 13.2 Å². The predicted molar refractivity (Wildman–Crippen MR) is 41.2 cm³/mol. The summed E-state index contributed by atoms with van der Waals surface area (Å²) in [6, 6.07) is 0.217. The zero-order valence-corrected chi connectivity index (χ0v) is 6.75. The van der Waals surface area contributed by atoms with Crippen LogP contribution in [0.25, 0.3) is 0 Å². The van der Waals surface area contributed by atoms with E-state index in [0.717, 1.165) is 13.0 Å². The molecule has 4 nitrogen and oxygen atoms in total. The summed E-state index contributed by atoms with van der Waals surface area (Å²) >= 11 is 0. The Morgan fingerprint density at radius 2 is 2.55 bits per heavy atom. The van der Waals surface area contributed by atoms with Crippen LogP contribution in [0.15, 0.2) is 0 Å². The molecule has 1 fully saturated rings. The summed E-state index contributed by atoms with van der Waals surface area (Å²) in [5.74, 6) is 0. The van der Waals surface area contributed by atoms with Gasteiger partial charge in [-0.1, -0.05) is 0 Å². The molecule has 0 aromatic rings. The van der Waals surface area contributed by atoms with Gasteiger partial charge in [-0.15, -0.1) is 0 Å². The average Bonchev–Trinajstić information content (AvgIpc) is 2.29. The Morgan fingerprint density at radius 3 is 3.00 bits per heavy atom. The average molecular weight is 158 g/mol. The minimum atomic E-state index is -0.203. The maximum atomic E-state index is 11.0. The Hall–Kier alpha value is -0.770.